The van der Waals surface area contributed by atoms with Crippen molar-refractivity contribution < 1.29 is 29.4 Å². The summed E-state index contributed by atoms with van der Waals surface area (Å²) in [6, 6.07) is 9.13. The largest absolute Gasteiger partial charge is 0.508 e. The number of thioether (sulfide) groups is 1. The molecule has 0 aliphatic rings. The van der Waals surface area contributed by atoms with E-state index in [1.54, 1.807) is 30.1 Å². The van der Waals surface area contributed by atoms with Crippen LogP contribution in [-0.2, 0) is 38.4 Å². The molecule has 45 heavy (non-hydrogen) atoms. The Morgan fingerprint density at radius 2 is 1.56 bits per heavy atom. The van der Waals surface area contributed by atoms with Gasteiger partial charge in [0.05, 0.1) is 12.4 Å². The minimum absolute atomic E-state index is 0.0186. The number of carbonyl (C=O) groups is 4. The summed E-state index contributed by atoms with van der Waals surface area (Å²) >= 11 is 1.55. The van der Waals surface area contributed by atoms with Crippen LogP contribution in [0.5, 0.6) is 5.75 Å². The average Bonchev–Trinajstić information content (AvgIpc) is 3.69. The number of aliphatic carboxylic acids is 1. The number of nitrogens with two attached hydrogens (primary N) is 1. The molecular formula is C31H37N7O6S. The molecule has 2 aromatic heterocycles. The third-order valence-electron chi connectivity index (χ3n) is 7.30. The maximum atomic E-state index is 13.9. The van der Waals surface area contributed by atoms with Crippen LogP contribution < -0.4 is 21.7 Å². The first kappa shape index (κ1) is 33.1. The lowest BCUT2D eigenvalue weighted by atomic mass is 10.0. The van der Waals surface area contributed by atoms with Crippen molar-refractivity contribution in [1.82, 2.24) is 30.9 Å². The molecule has 14 heteroatoms. The van der Waals surface area contributed by atoms with Crippen LogP contribution in [0.3, 0.4) is 0 Å². The van der Waals surface area contributed by atoms with Crippen molar-refractivity contribution in [3.8, 4) is 5.75 Å². The number of aromatic hydroxyl groups is 1. The zero-order valence-electron chi connectivity index (χ0n) is 24.7. The summed E-state index contributed by atoms with van der Waals surface area (Å²) in [5.41, 5.74) is 8.84. The summed E-state index contributed by atoms with van der Waals surface area (Å²) in [4.78, 5) is 62.4. The molecule has 4 atom stereocenters. The van der Waals surface area contributed by atoms with Crippen LogP contribution in [0.4, 0.5) is 0 Å². The van der Waals surface area contributed by atoms with Crippen molar-refractivity contribution in [1.29, 1.82) is 0 Å². The van der Waals surface area contributed by atoms with E-state index in [0.717, 1.165) is 16.5 Å². The number of nitrogens with one attached hydrogen (secondary N) is 5. The Balaban J connectivity index is 1.59. The Kier molecular flexibility index (Phi) is 11.6. The molecule has 13 nitrogen and oxygen atoms in total. The summed E-state index contributed by atoms with van der Waals surface area (Å²) in [5, 5.41) is 28.4. The maximum absolute atomic E-state index is 13.9. The highest BCUT2D eigenvalue weighted by Gasteiger charge is 2.31. The van der Waals surface area contributed by atoms with Gasteiger partial charge in [0.15, 0.2) is 0 Å². The number of carboxylic acid groups (broad SMARTS) is 1. The number of carbonyl (C=O) groups excluding carboxylic acids is 3. The van der Waals surface area contributed by atoms with E-state index in [4.69, 9.17) is 5.73 Å². The average molecular weight is 636 g/mol. The van der Waals surface area contributed by atoms with Crippen LogP contribution in [0.1, 0.15) is 23.2 Å². The standard InChI is InChI=1S/C31H37N7O6S/c1-45-11-10-23(32)28(40)36-26(13-19-15-34-24-5-3-2-4-22(19)24)30(42)37-25(12-18-6-8-21(39)9-7-18)29(41)38-27(31(43)44)14-20-16-33-17-35-20/h2-9,15-17,23,25-27,34,39H,10-14,32H2,1H3,(H,33,35)(H,36,40)(H,37,42)(H,38,41)(H,43,44). The molecule has 0 fully saturated rings. The fourth-order valence-corrected chi connectivity index (χ4v) is 5.31. The molecule has 4 unspecified atom stereocenters. The third-order valence-corrected chi connectivity index (χ3v) is 7.95. The van der Waals surface area contributed by atoms with Crippen molar-refractivity contribution in [3.63, 3.8) is 0 Å². The van der Waals surface area contributed by atoms with Gasteiger partial charge in [-0.15, -0.1) is 0 Å². The maximum Gasteiger partial charge on any atom is 0.326 e. The molecule has 0 bridgehead atoms. The van der Waals surface area contributed by atoms with E-state index in [9.17, 15) is 29.4 Å². The molecule has 3 amide bonds. The van der Waals surface area contributed by atoms with E-state index >= 15 is 0 Å². The zero-order valence-corrected chi connectivity index (χ0v) is 25.5. The number of hydrogen-bond acceptors (Lipinski definition) is 8. The zero-order chi connectivity index (χ0) is 32.3. The first-order valence-corrected chi connectivity index (χ1v) is 15.7. The number of para-hydroxylation sites is 1. The summed E-state index contributed by atoms with van der Waals surface area (Å²) in [6.07, 6.45) is 6.96. The second kappa shape index (κ2) is 15.8. The second-order valence-electron chi connectivity index (χ2n) is 10.6. The van der Waals surface area contributed by atoms with Crippen molar-refractivity contribution in [2.75, 3.05) is 12.0 Å². The normalized spacial score (nSPS) is 13.8. The van der Waals surface area contributed by atoms with E-state index in [2.05, 4.69) is 30.9 Å². The van der Waals surface area contributed by atoms with E-state index in [0.29, 0.717) is 23.4 Å². The number of benzene rings is 2. The van der Waals surface area contributed by atoms with Crippen LogP contribution in [0.2, 0.25) is 0 Å². The van der Waals surface area contributed by atoms with Crippen LogP contribution in [0.15, 0.2) is 67.3 Å². The van der Waals surface area contributed by atoms with Gasteiger partial charge in [0.25, 0.3) is 0 Å². The first-order valence-electron chi connectivity index (χ1n) is 14.3. The van der Waals surface area contributed by atoms with Crippen LogP contribution in [0.25, 0.3) is 10.9 Å². The van der Waals surface area contributed by atoms with Crippen molar-refractivity contribution >= 4 is 46.4 Å². The first-order chi connectivity index (χ1) is 21.6. The number of fused-ring (bicyclic) bond motifs is 1. The highest BCUT2D eigenvalue weighted by atomic mass is 32.2. The van der Waals surface area contributed by atoms with Crippen LogP contribution in [0, 0.1) is 0 Å². The number of rotatable bonds is 16. The number of aromatic amines is 2. The minimum atomic E-state index is -1.31. The molecule has 4 rings (SSSR count). The third kappa shape index (κ3) is 9.33. The quantitative estimate of drug-likeness (QED) is 0.0888. The van der Waals surface area contributed by atoms with Gasteiger partial charge in [0.2, 0.25) is 17.7 Å². The van der Waals surface area contributed by atoms with Crippen LogP contribution >= 0.6 is 11.8 Å². The fraction of sp³-hybridized carbons (Fsp3) is 0.323. The van der Waals surface area contributed by atoms with Crippen LogP contribution in [-0.4, -0.2) is 85.0 Å². The van der Waals surface area contributed by atoms with E-state index in [1.807, 2.05) is 30.5 Å². The summed E-state index contributed by atoms with van der Waals surface area (Å²) in [7, 11) is 0. The number of H-pyrrole nitrogens is 2. The van der Waals surface area contributed by atoms with Gasteiger partial charge in [-0.1, -0.05) is 30.3 Å². The Labute approximate surface area is 263 Å². The number of phenols is 1. The lowest BCUT2D eigenvalue weighted by Crippen LogP contribution is -2.58. The van der Waals surface area contributed by atoms with Gasteiger partial charge in [-0.2, -0.15) is 11.8 Å². The topological polar surface area (TPSA) is 215 Å². The molecule has 0 radical (unpaired) electrons. The lowest BCUT2D eigenvalue weighted by molar-refractivity contribution is -0.142. The van der Waals surface area contributed by atoms with Gasteiger partial charge >= 0.3 is 5.97 Å². The number of hydrogen-bond donors (Lipinski definition) is 8. The number of nitrogens with zero attached hydrogens (tertiary/aromatic N) is 1. The molecular weight excluding hydrogens is 598 g/mol. The van der Waals surface area contributed by atoms with Gasteiger partial charge in [0.1, 0.15) is 23.9 Å². The molecule has 0 aliphatic heterocycles. The molecule has 0 saturated carbocycles. The lowest BCUT2D eigenvalue weighted by Gasteiger charge is -2.25. The molecule has 2 aromatic carbocycles. The molecule has 4 aromatic rings. The Morgan fingerprint density at radius 1 is 0.889 bits per heavy atom. The van der Waals surface area contributed by atoms with E-state index in [1.165, 1.54) is 24.7 Å². The van der Waals surface area contributed by atoms with E-state index in [-0.39, 0.29) is 25.0 Å². The minimum Gasteiger partial charge on any atom is -0.508 e. The number of amides is 3. The Hall–Kier alpha value is -4.82. The van der Waals surface area contributed by atoms with Crippen molar-refractivity contribution in [2.24, 2.45) is 5.73 Å². The number of aromatic nitrogens is 3. The SMILES string of the molecule is CSCCC(N)C(=O)NC(Cc1c[nH]c2ccccc12)C(=O)NC(Cc1ccc(O)cc1)C(=O)NC(Cc1cnc[nH]1)C(=O)O. The number of phenolic OH excluding ortho intramolecular Hbond substituents is 1. The molecule has 238 valence electrons. The monoisotopic (exact) mass is 635 g/mol. The fourth-order valence-electron chi connectivity index (χ4n) is 4.82. The van der Waals surface area contributed by atoms with Gasteiger partial charge < -0.3 is 41.9 Å². The van der Waals surface area contributed by atoms with Gasteiger partial charge in [0, 0.05) is 48.3 Å². The molecule has 2 heterocycles. The van der Waals surface area contributed by atoms with Gasteiger partial charge in [-0.25, -0.2) is 9.78 Å². The Bertz CT molecular complexity index is 1590. The number of carboxylic acids is 1. The molecule has 0 aliphatic carbocycles. The van der Waals surface area contributed by atoms with Crippen molar-refractivity contribution in [2.45, 2.75) is 49.9 Å². The summed E-state index contributed by atoms with van der Waals surface area (Å²) < 4.78 is 0. The number of imidazole rings is 1. The predicted molar refractivity (Wildman–Crippen MR) is 171 cm³/mol. The van der Waals surface area contributed by atoms with Gasteiger partial charge in [-0.3, -0.25) is 14.4 Å². The smallest absolute Gasteiger partial charge is 0.326 e. The molecule has 0 spiro atoms. The summed E-state index contributed by atoms with van der Waals surface area (Å²) in [6.45, 7) is 0. The van der Waals surface area contributed by atoms with E-state index < -0.39 is 47.9 Å². The molecule has 0 saturated heterocycles. The molecule has 9 N–H and O–H groups in total. The van der Waals surface area contributed by atoms with Gasteiger partial charge in [-0.05, 0) is 47.8 Å². The highest BCUT2D eigenvalue weighted by molar-refractivity contribution is 7.98. The van der Waals surface area contributed by atoms with Crippen molar-refractivity contribution in [3.05, 3.63) is 84.1 Å². The Morgan fingerprint density at radius 3 is 2.22 bits per heavy atom. The second-order valence-corrected chi connectivity index (χ2v) is 11.6. The predicted octanol–water partition coefficient (Wildman–Crippen LogP) is 1.24. The highest BCUT2D eigenvalue weighted by Crippen LogP contribution is 2.20. The summed E-state index contributed by atoms with van der Waals surface area (Å²) in [5.74, 6) is -2.48.